The molecular weight excluding hydrogens is 224 g/mol. The quantitative estimate of drug-likeness (QED) is 0.876. The molecule has 3 rings (SSSR count). The number of ether oxygens (including phenoxy) is 1. The maximum Gasteiger partial charge on any atom is 0.118 e. The third-order valence-corrected chi connectivity index (χ3v) is 3.63. The Kier molecular flexibility index (Phi) is 2.84. The summed E-state index contributed by atoms with van der Waals surface area (Å²) in [6, 6.07) is 13.1. The highest BCUT2D eigenvalue weighted by molar-refractivity contribution is 5.62. The fourth-order valence-corrected chi connectivity index (χ4v) is 2.62. The van der Waals surface area contributed by atoms with Crippen molar-refractivity contribution in [1.29, 1.82) is 0 Å². The Morgan fingerprint density at radius 1 is 1.17 bits per heavy atom. The van der Waals surface area contributed by atoms with Crippen LogP contribution in [-0.4, -0.2) is 18.2 Å². The first kappa shape index (κ1) is 11.4. The van der Waals surface area contributed by atoms with Gasteiger partial charge >= 0.3 is 0 Å². The number of hydrogen-bond acceptors (Lipinski definition) is 2. The number of rotatable bonds is 2. The van der Waals surface area contributed by atoms with Crippen LogP contribution in [-0.2, 0) is 6.54 Å². The minimum absolute atomic E-state index is 0.436. The summed E-state index contributed by atoms with van der Waals surface area (Å²) in [6.45, 7) is 4.28. The Morgan fingerprint density at radius 3 is 2.67 bits per heavy atom. The van der Waals surface area contributed by atoms with Gasteiger partial charge in [-0.15, -0.1) is 0 Å². The molecule has 1 aromatic carbocycles. The zero-order chi connectivity index (χ0) is 12.5. The van der Waals surface area contributed by atoms with Crippen molar-refractivity contribution in [3.8, 4) is 17.0 Å². The minimum atomic E-state index is 0.436. The summed E-state index contributed by atoms with van der Waals surface area (Å²) in [6.07, 6.45) is 0. The SMILES string of the molecule is COc1ccc(-c2ccc3n2CCNC3C)cc1. The average molecular weight is 242 g/mol. The predicted molar refractivity (Wildman–Crippen MR) is 72.8 cm³/mol. The van der Waals surface area contributed by atoms with Gasteiger partial charge in [-0.2, -0.15) is 0 Å². The molecule has 3 nitrogen and oxygen atoms in total. The average Bonchev–Trinajstić information content (AvgIpc) is 2.84. The van der Waals surface area contributed by atoms with Crippen LogP contribution in [0.3, 0.4) is 0 Å². The van der Waals surface area contributed by atoms with E-state index in [2.05, 4.69) is 41.1 Å². The minimum Gasteiger partial charge on any atom is -0.497 e. The van der Waals surface area contributed by atoms with Crippen molar-refractivity contribution in [3.63, 3.8) is 0 Å². The van der Waals surface area contributed by atoms with Gasteiger partial charge in [0.15, 0.2) is 0 Å². The third kappa shape index (κ3) is 1.81. The second-order valence-electron chi connectivity index (χ2n) is 4.70. The van der Waals surface area contributed by atoms with E-state index in [0.29, 0.717) is 6.04 Å². The summed E-state index contributed by atoms with van der Waals surface area (Å²) in [4.78, 5) is 0. The molecule has 0 amide bonds. The van der Waals surface area contributed by atoms with E-state index < -0.39 is 0 Å². The van der Waals surface area contributed by atoms with Crippen molar-refractivity contribution in [1.82, 2.24) is 9.88 Å². The third-order valence-electron chi connectivity index (χ3n) is 3.63. The first-order valence-electron chi connectivity index (χ1n) is 6.37. The Balaban J connectivity index is 2.01. The fraction of sp³-hybridized carbons (Fsp3) is 0.333. The molecule has 3 heteroatoms. The number of methoxy groups -OCH3 is 1. The summed E-state index contributed by atoms with van der Waals surface area (Å²) in [5.74, 6) is 0.902. The van der Waals surface area contributed by atoms with E-state index >= 15 is 0 Å². The molecule has 0 fully saturated rings. The van der Waals surface area contributed by atoms with Gasteiger partial charge in [-0.05, 0) is 48.9 Å². The summed E-state index contributed by atoms with van der Waals surface area (Å²) < 4.78 is 7.61. The highest BCUT2D eigenvalue weighted by Gasteiger charge is 2.18. The van der Waals surface area contributed by atoms with E-state index in [1.807, 2.05) is 12.1 Å². The molecule has 0 radical (unpaired) electrons. The zero-order valence-corrected chi connectivity index (χ0v) is 10.8. The van der Waals surface area contributed by atoms with E-state index in [1.165, 1.54) is 17.0 Å². The summed E-state index contributed by atoms with van der Waals surface area (Å²) in [5.41, 5.74) is 3.91. The number of hydrogen-bond donors (Lipinski definition) is 1. The number of benzene rings is 1. The highest BCUT2D eigenvalue weighted by atomic mass is 16.5. The largest absolute Gasteiger partial charge is 0.497 e. The highest BCUT2D eigenvalue weighted by Crippen LogP contribution is 2.28. The van der Waals surface area contributed by atoms with Crippen molar-refractivity contribution in [2.24, 2.45) is 0 Å². The molecular formula is C15H18N2O. The van der Waals surface area contributed by atoms with Crippen molar-refractivity contribution in [2.45, 2.75) is 19.5 Å². The Labute approximate surface area is 107 Å². The Bertz CT molecular complexity index is 542. The van der Waals surface area contributed by atoms with E-state index in [-0.39, 0.29) is 0 Å². The Morgan fingerprint density at radius 2 is 1.94 bits per heavy atom. The van der Waals surface area contributed by atoms with E-state index in [1.54, 1.807) is 7.11 Å². The van der Waals surface area contributed by atoms with Crippen molar-refractivity contribution < 1.29 is 4.74 Å². The van der Waals surface area contributed by atoms with Gasteiger partial charge in [-0.1, -0.05) is 0 Å². The summed E-state index contributed by atoms with van der Waals surface area (Å²) in [5, 5.41) is 3.48. The normalized spacial score (nSPS) is 18.4. The van der Waals surface area contributed by atoms with Gasteiger partial charge in [-0.3, -0.25) is 0 Å². The second-order valence-corrected chi connectivity index (χ2v) is 4.70. The van der Waals surface area contributed by atoms with Gasteiger partial charge in [-0.25, -0.2) is 0 Å². The predicted octanol–water partition coefficient (Wildman–Crippen LogP) is 2.83. The number of nitrogens with one attached hydrogen (secondary N) is 1. The molecule has 1 aromatic heterocycles. The molecule has 2 aromatic rings. The molecule has 0 spiro atoms. The number of nitrogens with zero attached hydrogens (tertiary/aromatic N) is 1. The monoisotopic (exact) mass is 242 g/mol. The van der Waals surface area contributed by atoms with Crippen LogP contribution in [0.4, 0.5) is 0 Å². The number of aromatic nitrogens is 1. The molecule has 1 aliphatic heterocycles. The summed E-state index contributed by atoms with van der Waals surface area (Å²) in [7, 11) is 1.70. The standard InChI is InChI=1S/C15H18N2O/c1-11-14-7-8-15(17(14)10-9-16-11)12-3-5-13(18-2)6-4-12/h3-8,11,16H,9-10H2,1-2H3. The topological polar surface area (TPSA) is 26.2 Å². The number of fused-ring (bicyclic) bond motifs is 1. The smallest absolute Gasteiger partial charge is 0.118 e. The zero-order valence-electron chi connectivity index (χ0n) is 10.8. The van der Waals surface area contributed by atoms with E-state index in [4.69, 9.17) is 4.74 Å². The van der Waals surface area contributed by atoms with E-state index in [0.717, 1.165) is 18.8 Å². The van der Waals surface area contributed by atoms with Crippen LogP contribution in [0.5, 0.6) is 5.75 Å². The molecule has 0 saturated heterocycles. The molecule has 0 bridgehead atoms. The van der Waals surface area contributed by atoms with Crippen molar-refractivity contribution in [2.75, 3.05) is 13.7 Å². The van der Waals surface area contributed by atoms with Crippen LogP contribution in [0.15, 0.2) is 36.4 Å². The molecule has 18 heavy (non-hydrogen) atoms. The molecule has 1 aliphatic rings. The van der Waals surface area contributed by atoms with Gasteiger partial charge in [0.05, 0.1) is 7.11 Å². The van der Waals surface area contributed by atoms with Gasteiger partial charge in [0.1, 0.15) is 5.75 Å². The van der Waals surface area contributed by atoms with Gasteiger partial charge in [0, 0.05) is 30.5 Å². The molecule has 2 heterocycles. The fourth-order valence-electron chi connectivity index (χ4n) is 2.62. The summed E-state index contributed by atoms with van der Waals surface area (Å²) >= 11 is 0. The lowest BCUT2D eigenvalue weighted by molar-refractivity contribution is 0.415. The maximum atomic E-state index is 5.20. The van der Waals surface area contributed by atoms with Gasteiger partial charge < -0.3 is 14.6 Å². The van der Waals surface area contributed by atoms with Crippen LogP contribution in [0.1, 0.15) is 18.7 Å². The van der Waals surface area contributed by atoms with Crippen LogP contribution in [0.2, 0.25) is 0 Å². The van der Waals surface area contributed by atoms with E-state index in [9.17, 15) is 0 Å². The molecule has 0 aliphatic carbocycles. The molecule has 94 valence electrons. The first-order chi connectivity index (χ1) is 8.79. The lowest BCUT2D eigenvalue weighted by atomic mass is 10.1. The molecule has 0 saturated carbocycles. The van der Waals surface area contributed by atoms with Gasteiger partial charge in [0.25, 0.3) is 0 Å². The molecule has 1 unspecified atom stereocenters. The van der Waals surface area contributed by atoms with Crippen LogP contribution in [0.25, 0.3) is 11.3 Å². The van der Waals surface area contributed by atoms with Crippen LogP contribution < -0.4 is 10.1 Å². The van der Waals surface area contributed by atoms with Crippen molar-refractivity contribution in [3.05, 3.63) is 42.1 Å². The lowest BCUT2D eigenvalue weighted by Crippen LogP contribution is -2.31. The Hall–Kier alpha value is -1.74. The molecule has 1 atom stereocenters. The van der Waals surface area contributed by atoms with Crippen LogP contribution >= 0.6 is 0 Å². The van der Waals surface area contributed by atoms with Crippen molar-refractivity contribution >= 4 is 0 Å². The van der Waals surface area contributed by atoms with Gasteiger partial charge in [0.2, 0.25) is 0 Å². The second kappa shape index (κ2) is 4.50. The first-order valence-corrected chi connectivity index (χ1v) is 6.37. The molecule has 1 N–H and O–H groups in total. The lowest BCUT2D eigenvalue weighted by Gasteiger charge is -2.25. The van der Waals surface area contributed by atoms with Crippen LogP contribution in [0, 0.1) is 0 Å². The maximum absolute atomic E-state index is 5.20.